The van der Waals surface area contributed by atoms with Crippen LogP contribution in [0.15, 0.2) is 48.8 Å². The van der Waals surface area contributed by atoms with E-state index in [2.05, 4.69) is 52.0 Å². The van der Waals surface area contributed by atoms with Gasteiger partial charge in [-0.2, -0.15) is 0 Å². The highest BCUT2D eigenvalue weighted by molar-refractivity contribution is 5.84. The summed E-state index contributed by atoms with van der Waals surface area (Å²) in [6.45, 7) is 6.86. The zero-order valence-electron chi connectivity index (χ0n) is 15.5. The second-order valence-corrected chi connectivity index (χ2v) is 7.92. The minimum atomic E-state index is -0.0443. The summed E-state index contributed by atoms with van der Waals surface area (Å²) in [4.78, 5) is 21.3. The van der Waals surface area contributed by atoms with E-state index in [0.29, 0.717) is 5.91 Å². The van der Waals surface area contributed by atoms with Gasteiger partial charge in [0.2, 0.25) is 5.91 Å². The average molecular weight is 349 g/mol. The lowest BCUT2D eigenvalue weighted by Gasteiger charge is -2.24. The van der Waals surface area contributed by atoms with Crippen LogP contribution in [-0.4, -0.2) is 46.9 Å². The van der Waals surface area contributed by atoms with Crippen molar-refractivity contribution in [2.45, 2.75) is 32.7 Å². The number of nitrogens with zero attached hydrogens (tertiary/aromatic N) is 3. The largest absolute Gasteiger partial charge is 0.341 e. The fourth-order valence-corrected chi connectivity index (χ4v) is 3.71. The van der Waals surface area contributed by atoms with Crippen LogP contribution in [0.4, 0.5) is 0 Å². The lowest BCUT2D eigenvalue weighted by atomic mass is 10.1. The standard InChI is InChI=1S/C22H27N3O/c1-22(9-10-22)21(26)25-13-3-12-24(14-15-25)17-18-5-7-19(8-6-18)20-4-2-11-23-16-20/h2,4-8,11,16H,3,9-10,12-15,17H2,1H3. The normalized spacial score (nSPS) is 19.8. The molecule has 2 heterocycles. The summed E-state index contributed by atoms with van der Waals surface area (Å²) in [5.74, 6) is 0.375. The average Bonchev–Trinajstić information content (AvgIpc) is 3.47. The molecule has 1 aliphatic carbocycles. The Morgan fingerprint density at radius 2 is 1.85 bits per heavy atom. The minimum Gasteiger partial charge on any atom is -0.341 e. The molecule has 2 fully saturated rings. The van der Waals surface area contributed by atoms with Gasteiger partial charge >= 0.3 is 0 Å². The van der Waals surface area contributed by atoms with Crippen LogP contribution in [0.3, 0.4) is 0 Å². The van der Waals surface area contributed by atoms with E-state index in [1.807, 2.05) is 12.3 Å². The van der Waals surface area contributed by atoms with Crippen molar-refractivity contribution in [3.8, 4) is 11.1 Å². The quantitative estimate of drug-likeness (QED) is 0.846. The maximum absolute atomic E-state index is 12.6. The maximum Gasteiger partial charge on any atom is 0.228 e. The van der Waals surface area contributed by atoms with Crippen LogP contribution in [0.1, 0.15) is 31.7 Å². The molecule has 4 nitrogen and oxygen atoms in total. The molecule has 1 saturated heterocycles. The fraction of sp³-hybridized carbons (Fsp3) is 0.455. The first-order valence-electron chi connectivity index (χ1n) is 9.65. The Bertz CT molecular complexity index is 753. The van der Waals surface area contributed by atoms with Crippen molar-refractivity contribution in [1.82, 2.24) is 14.8 Å². The van der Waals surface area contributed by atoms with E-state index in [0.717, 1.165) is 57.5 Å². The topological polar surface area (TPSA) is 36.4 Å². The summed E-state index contributed by atoms with van der Waals surface area (Å²) in [7, 11) is 0. The van der Waals surface area contributed by atoms with Gasteiger partial charge in [-0.25, -0.2) is 0 Å². The molecule has 1 saturated carbocycles. The molecule has 26 heavy (non-hydrogen) atoms. The van der Waals surface area contributed by atoms with Crippen LogP contribution in [0.25, 0.3) is 11.1 Å². The number of aromatic nitrogens is 1. The van der Waals surface area contributed by atoms with Gasteiger partial charge in [-0.1, -0.05) is 37.3 Å². The Hall–Kier alpha value is -2.20. The van der Waals surface area contributed by atoms with Crippen LogP contribution >= 0.6 is 0 Å². The van der Waals surface area contributed by atoms with Crippen LogP contribution in [0.2, 0.25) is 0 Å². The van der Waals surface area contributed by atoms with Crippen LogP contribution in [-0.2, 0) is 11.3 Å². The zero-order chi connectivity index (χ0) is 18.0. The molecule has 0 radical (unpaired) electrons. The summed E-state index contributed by atoms with van der Waals surface area (Å²) in [6.07, 6.45) is 6.89. The molecule has 2 aromatic rings. The second-order valence-electron chi connectivity index (χ2n) is 7.92. The van der Waals surface area contributed by atoms with E-state index in [-0.39, 0.29) is 5.41 Å². The molecule has 0 unspecified atom stereocenters. The van der Waals surface area contributed by atoms with Gasteiger partial charge in [0.05, 0.1) is 0 Å². The number of hydrogen-bond donors (Lipinski definition) is 0. The molecule has 136 valence electrons. The number of hydrogen-bond acceptors (Lipinski definition) is 3. The third-order valence-electron chi connectivity index (χ3n) is 5.75. The van der Waals surface area contributed by atoms with E-state index in [1.54, 1.807) is 6.20 Å². The lowest BCUT2D eigenvalue weighted by molar-refractivity contribution is -0.136. The first-order chi connectivity index (χ1) is 12.6. The molecule has 1 aromatic heterocycles. The molecule has 0 spiro atoms. The minimum absolute atomic E-state index is 0.0443. The Balaban J connectivity index is 1.35. The Morgan fingerprint density at radius 3 is 2.54 bits per heavy atom. The summed E-state index contributed by atoms with van der Waals surface area (Å²) >= 11 is 0. The van der Waals surface area contributed by atoms with Gasteiger partial charge in [-0.05, 0) is 42.0 Å². The number of benzene rings is 1. The molecule has 1 aromatic carbocycles. The molecule has 4 rings (SSSR count). The van der Waals surface area contributed by atoms with Gasteiger partial charge < -0.3 is 4.90 Å². The summed E-state index contributed by atoms with van der Waals surface area (Å²) in [5.41, 5.74) is 3.63. The highest BCUT2D eigenvalue weighted by Crippen LogP contribution is 2.46. The van der Waals surface area contributed by atoms with E-state index in [4.69, 9.17) is 0 Å². The molecule has 0 atom stereocenters. The number of pyridine rings is 1. The van der Waals surface area contributed by atoms with Gasteiger partial charge in [0.25, 0.3) is 0 Å². The van der Waals surface area contributed by atoms with Crippen molar-refractivity contribution >= 4 is 5.91 Å². The monoisotopic (exact) mass is 349 g/mol. The highest BCUT2D eigenvalue weighted by atomic mass is 16.2. The zero-order valence-corrected chi connectivity index (χ0v) is 15.5. The number of rotatable bonds is 4. The summed E-state index contributed by atoms with van der Waals surface area (Å²) < 4.78 is 0. The predicted molar refractivity (Wildman–Crippen MR) is 103 cm³/mol. The Kier molecular flexibility index (Phi) is 4.77. The predicted octanol–water partition coefficient (Wildman–Crippen LogP) is 3.58. The first kappa shape index (κ1) is 17.2. The van der Waals surface area contributed by atoms with E-state index < -0.39 is 0 Å². The molecular formula is C22H27N3O. The SMILES string of the molecule is CC1(C(=O)N2CCCN(Cc3ccc(-c4cccnc4)cc3)CC2)CC1. The highest BCUT2D eigenvalue weighted by Gasteiger charge is 2.47. The van der Waals surface area contributed by atoms with Crippen molar-refractivity contribution in [3.05, 3.63) is 54.4 Å². The maximum atomic E-state index is 12.6. The number of carbonyl (C=O) groups excluding carboxylic acids is 1. The van der Waals surface area contributed by atoms with E-state index >= 15 is 0 Å². The van der Waals surface area contributed by atoms with Crippen molar-refractivity contribution in [3.63, 3.8) is 0 Å². The van der Waals surface area contributed by atoms with Crippen molar-refractivity contribution in [2.75, 3.05) is 26.2 Å². The third-order valence-corrected chi connectivity index (χ3v) is 5.75. The lowest BCUT2D eigenvalue weighted by Crippen LogP contribution is -2.38. The summed E-state index contributed by atoms with van der Waals surface area (Å²) in [5, 5.41) is 0. The van der Waals surface area contributed by atoms with Gasteiger partial charge in [0, 0.05) is 50.5 Å². The molecule has 1 aliphatic heterocycles. The van der Waals surface area contributed by atoms with Crippen LogP contribution in [0, 0.1) is 5.41 Å². The molecular weight excluding hydrogens is 322 g/mol. The van der Waals surface area contributed by atoms with Gasteiger partial charge in [0.15, 0.2) is 0 Å². The first-order valence-corrected chi connectivity index (χ1v) is 9.65. The van der Waals surface area contributed by atoms with Crippen molar-refractivity contribution < 1.29 is 4.79 Å². The van der Waals surface area contributed by atoms with Gasteiger partial charge in [-0.15, -0.1) is 0 Å². The third kappa shape index (κ3) is 3.80. The van der Waals surface area contributed by atoms with Gasteiger partial charge in [-0.3, -0.25) is 14.7 Å². The van der Waals surface area contributed by atoms with Crippen molar-refractivity contribution in [1.29, 1.82) is 0 Å². The number of amides is 1. The van der Waals surface area contributed by atoms with E-state index in [1.165, 1.54) is 11.1 Å². The van der Waals surface area contributed by atoms with Crippen LogP contribution in [0.5, 0.6) is 0 Å². The second kappa shape index (κ2) is 7.20. The fourth-order valence-electron chi connectivity index (χ4n) is 3.71. The van der Waals surface area contributed by atoms with E-state index in [9.17, 15) is 4.79 Å². The Morgan fingerprint density at radius 1 is 1.04 bits per heavy atom. The molecule has 1 amide bonds. The molecule has 0 bridgehead atoms. The Labute approximate surface area is 155 Å². The molecule has 2 aliphatic rings. The smallest absolute Gasteiger partial charge is 0.228 e. The molecule has 4 heteroatoms. The molecule has 0 N–H and O–H groups in total. The van der Waals surface area contributed by atoms with Crippen molar-refractivity contribution in [2.24, 2.45) is 5.41 Å². The number of carbonyl (C=O) groups is 1. The van der Waals surface area contributed by atoms with Gasteiger partial charge in [0.1, 0.15) is 0 Å². The van der Waals surface area contributed by atoms with Crippen LogP contribution < -0.4 is 0 Å². The summed E-state index contributed by atoms with van der Waals surface area (Å²) in [6, 6.07) is 12.8.